The number of thioether (sulfide) groups is 1. The van der Waals surface area contributed by atoms with Crippen LogP contribution in [0.5, 0.6) is 0 Å². The molecule has 2 N–H and O–H groups in total. The molecule has 1 heterocycles. The number of benzene rings is 2. The van der Waals surface area contributed by atoms with E-state index in [2.05, 4.69) is 15.6 Å². The first-order chi connectivity index (χ1) is 13.0. The molecule has 0 radical (unpaired) electrons. The summed E-state index contributed by atoms with van der Waals surface area (Å²) in [6.07, 6.45) is 1.91. The maximum absolute atomic E-state index is 12.7. The van der Waals surface area contributed by atoms with Crippen LogP contribution >= 0.6 is 11.8 Å². The summed E-state index contributed by atoms with van der Waals surface area (Å²) in [5.74, 6) is -0.428. The Kier molecular flexibility index (Phi) is 4.57. The van der Waals surface area contributed by atoms with Crippen molar-refractivity contribution in [2.24, 2.45) is 7.05 Å². The Labute approximate surface area is 159 Å². The molecule has 7 nitrogen and oxygen atoms in total. The number of amides is 3. The fourth-order valence-electron chi connectivity index (χ4n) is 2.81. The van der Waals surface area contributed by atoms with Crippen molar-refractivity contribution < 1.29 is 9.59 Å². The first-order valence-corrected chi connectivity index (χ1v) is 9.62. The molecule has 0 spiro atoms. The number of carbonyl (C=O) groups excluding carboxylic acids is 2. The number of hydrogen-bond donors (Lipinski definition) is 2. The number of urea groups is 1. The maximum atomic E-state index is 12.7. The van der Waals surface area contributed by atoms with Gasteiger partial charge >= 0.3 is 6.03 Å². The van der Waals surface area contributed by atoms with Crippen molar-refractivity contribution in [3.63, 3.8) is 0 Å². The zero-order valence-electron chi connectivity index (χ0n) is 14.7. The molecule has 0 unspecified atom stereocenters. The van der Waals surface area contributed by atoms with E-state index in [-0.39, 0.29) is 17.4 Å². The number of rotatable bonds is 4. The second-order valence-electron chi connectivity index (χ2n) is 6.56. The second kappa shape index (κ2) is 7.03. The minimum atomic E-state index is -0.477. The van der Waals surface area contributed by atoms with E-state index in [1.165, 1.54) is 4.57 Å². The number of aromatic nitrogens is 2. The molecule has 0 bridgehead atoms. The van der Waals surface area contributed by atoms with Crippen LogP contribution in [0.1, 0.15) is 12.8 Å². The third-order valence-corrected chi connectivity index (χ3v) is 5.43. The fraction of sp³-hybridized carbons (Fsp3) is 0.263. The monoisotopic (exact) mass is 382 g/mol. The van der Waals surface area contributed by atoms with E-state index in [9.17, 15) is 14.4 Å². The highest BCUT2D eigenvalue weighted by Crippen LogP contribution is 2.22. The zero-order valence-corrected chi connectivity index (χ0v) is 15.5. The molecule has 1 aliphatic rings. The lowest BCUT2D eigenvalue weighted by Crippen LogP contribution is -2.41. The molecule has 3 amide bonds. The molecule has 0 saturated heterocycles. The largest absolute Gasteiger partial charge is 0.335 e. The molecule has 0 atom stereocenters. The van der Waals surface area contributed by atoms with Gasteiger partial charge in [-0.2, -0.15) is 0 Å². The van der Waals surface area contributed by atoms with Crippen LogP contribution in [0.2, 0.25) is 0 Å². The van der Waals surface area contributed by atoms with Crippen LogP contribution in [-0.4, -0.2) is 33.3 Å². The van der Waals surface area contributed by atoms with Crippen molar-refractivity contribution in [1.82, 2.24) is 20.2 Å². The zero-order chi connectivity index (χ0) is 19.0. The topological polar surface area (TPSA) is 93.1 Å². The summed E-state index contributed by atoms with van der Waals surface area (Å²) in [5.41, 5.74) is 0.423. The summed E-state index contributed by atoms with van der Waals surface area (Å²) in [7, 11) is 1.63. The van der Waals surface area contributed by atoms with E-state index < -0.39 is 11.9 Å². The smallest absolute Gasteiger partial charge is 0.321 e. The standard InChI is InChI=1S/C19H18N4O3S/c1-23-17(25)14-8-11-4-2-3-5-12(11)9-15(14)21-19(23)27-10-16(24)22-18(26)20-13-6-7-13/h2-5,8-9,13H,6-7,10H2,1H3,(H2,20,22,24,26). The van der Waals surface area contributed by atoms with Crippen LogP contribution in [0.4, 0.5) is 4.79 Å². The summed E-state index contributed by atoms with van der Waals surface area (Å²) in [4.78, 5) is 40.8. The third kappa shape index (κ3) is 3.80. The van der Waals surface area contributed by atoms with Crippen molar-refractivity contribution >= 4 is 45.4 Å². The lowest BCUT2D eigenvalue weighted by molar-refractivity contribution is -0.117. The maximum Gasteiger partial charge on any atom is 0.321 e. The summed E-state index contributed by atoms with van der Waals surface area (Å²) in [6.45, 7) is 0. The quantitative estimate of drug-likeness (QED) is 0.410. The highest BCUT2D eigenvalue weighted by molar-refractivity contribution is 7.99. The van der Waals surface area contributed by atoms with Crippen molar-refractivity contribution in [3.05, 3.63) is 46.8 Å². The Morgan fingerprint density at radius 3 is 2.63 bits per heavy atom. The Morgan fingerprint density at radius 2 is 1.93 bits per heavy atom. The minimum absolute atomic E-state index is 0.00253. The minimum Gasteiger partial charge on any atom is -0.335 e. The first kappa shape index (κ1) is 17.5. The van der Waals surface area contributed by atoms with Crippen LogP contribution < -0.4 is 16.2 Å². The normalized spacial score (nSPS) is 13.7. The number of imide groups is 1. The van der Waals surface area contributed by atoms with Gasteiger partial charge in [0, 0.05) is 13.1 Å². The van der Waals surface area contributed by atoms with Crippen molar-refractivity contribution in [2.75, 3.05) is 5.75 Å². The second-order valence-corrected chi connectivity index (χ2v) is 7.50. The lowest BCUT2D eigenvalue weighted by atomic mass is 10.1. The lowest BCUT2D eigenvalue weighted by Gasteiger charge is -2.10. The van der Waals surface area contributed by atoms with E-state index in [0.717, 1.165) is 35.4 Å². The van der Waals surface area contributed by atoms with E-state index in [4.69, 9.17) is 0 Å². The molecular formula is C19H18N4O3S. The van der Waals surface area contributed by atoms with Crippen molar-refractivity contribution in [3.8, 4) is 0 Å². The highest BCUT2D eigenvalue weighted by atomic mass is 32.2. The summed E-state index contributed by atoms with van der Waals surface area (Å²) >= 11 is 1.13. The molecule has 1 aromatic heterocycles. The number of nitrogens with zero attached hydrogens (tertiary/aromatic N) is 2. The summed E-state index contributed by atoms with van der Waals surface area (Å²) in [5, 5.41) is 7.93. The molecule has 0 aliphatic heterocycles. The summed E-state index contributed by atoms with van der Waals surface area (Å²) < 4.78 is 1.43. The van der Waals surface area contributed by atoms with Gasteiger partial charge in [-0.25, -0.2) is 9.78 Å². The molecule has 3 aromatic rings. The Balaban J connectivity index is 1.55. The van der Waals surface area contributed by atoms with Crippen LogP contribution in [0.25, 0.3) is 21.7 Å². The Bertz CT molecular complexity index is 1120. The Hall–Kier alpha value is -2.87. The molecular weight excluding hydrogens is 364 g/mol. The SMILES string of the molecule is Cn1c(SCC(=O)NC(=O)NC2CC2)nc2cc3ccccc3cc2c1=O. The van der Waals surface area contributed by atoms with E-state index in [0.29, 0.717) is 16.1 Å². The predicted molar refractivity (Wildman–Crippen MR) is 105 cm³/mol. The van der Waals surface area contributed by atoms with Gasteiger partial charge in [-0.3, -0.25) is 19.5 Å². The summed E-state index contributed by atoms with van der Waals surface area (Å²) in [6, 6.07) is 11.2. The Morgan fingerprint density at radius 1 is 1.22 bits per heavy atom. The number of fused-ring (bicyclic) bond motifs is 2. The van der Waals surface area contributed by atoms with Crippen LogP contribution in [0, 0.1) is 0 Å². The van der Waals surface area contributed by atoms with Gasteiger partial charge in [0.1, 0.15) is 0 Å². The van der Waals surface area contributed by atoms with Crippen LogP contribution in [-0.2, 0) is 11.8 Å². The molecule has 2 aromatic carbocycles. The number of hydrogen-bond acceptors (Lipinski definition) is 5. The van der Waals surface area contributed by atoms with Gasteiger partial charge < -0.3 is 5.32 Å². The van der Waals surface area contributed by atoms with Gasteiger partial charge in [-0.05, 0) is 35.7 Å². The number of carbonyl (C=O) groups is 2. The van der Waals surface area contributed by atoms with E-state index >= 15 is 0 Å². The van der Waals surface area contributed by atoms with Crippen molar-refractivity contribution in [2.45, 2.75) is 24.0 Å². The molecule has 1 aliphatic carbocycles. The van der Waals surface area contributed by atoms with E-state index in [1.54, 1.807) is 7.05 Å². The predicted octanol–water partition coefficient (Wildman–Crippen LogP) is 2.17. The van der Waals surface area contributed by atoms with Gasteiger partial charge in [-0.15, -0.1) is 0 Å². The van der Waals surface area contributed by atoms with E-state index in [1.807, 2.05) is 36.4 Å². The average molecular weight is 382 g/mol. The van der Waals surface area contributed by atoms with Gasteiger partial charge in [0.05, 0.1) is 16.7 Å². The van der Waals surface area contributed by atoms with Crippen LogP contribution in [0.15, 0.2) is 46.3 Å². The van der Waals surface area contributed by atoms with Crippen molar-refractivity contribution in [1.29, 1.82) is 0 Å². The molecule has 4 rings (SSSR count). The highest BCUT2D eigenvalue weighted by Gasteiger charge is 2.24. The third-order valence-electron chi connectivity index (χ3n) is 4.40. The fourth-order valence-corrected chi connectivity index (χ4v) is 3.58. The molecule has 27 heavy (non-hydrogen) atoms. The van der Waals surface area contributed by atoms with Gasteiger partial charge in [-0.1, -0.05) is 36.0 Å². The van der Waals surface area contributed by atoms with Gasteiger partial charge in [0.2, 0.25) is 5.91 Å². The molecule has 138 valence electrons. The number of nitrogens with one attached hydrogen (secondary N) is 2. The van der Waals surface area contributed by atoms with Gasteiger partial charge in [0.25, 0.3) is 5.56 Å². The molecule has 1 fully saturated rings. The molecule has 1 saturated carbocycles. The molecule has 8 heteroatoms. The average Bonchev–Trinajstić information content (AvgIpc) is 3.46. The van der Waals surface area contributed by atoms with Crippen LogP contribution in [0.3, 0.4) is 0 Å². The van der Waals surface area contributed by atoms with Gasteiger partial charge in [0.15, 0.2) is 5.16 Å². The first-order valence-electron chi connectivity index (χ1n) is 8.64.